The van der Waals surface area contributed by atoms with Crippen LogP contribution in [-0.4, -0.2) is 32.2 Å². The van der Waals surface area contributed by atoms with E-state index in [4.69, 9.17) is 0 Å². The summed E-state index contributed by atoms with van der Waals surface area (Å²) in [6, 6.07) is 0. The fourth-order valence-corrected chi connectivity index (χ4v) is 2.78. The first-order chi connectivity index (χ1) is 9.56. The second-order valence-corrected chi connectivity index (χ2v) is 7.61. The van der Waals surface area contributed by atoms with E-state index in [1.54, 1.807) is 0 Å². The molecule has 0 saturated carbocycles. The summed E-state index contributed by atoms with van der Waals surface area (Å²) in [6.45, 7) is 3.63. The molecule has 0 aliphatic heterocycles. The van der Waals surface area contributed by atoms with Crippen molar-refractivity contribution in [2.45, 2.75) is 96.8 Å². The van der Waals surface area contributed by atoms with Gasteiger partial charge in [0.2, 0.25) is 0 Å². The van der Waals surface area contributed by atoms with Gasteiger partial charge in [0.05, 0.1) is 27.7 Å². The second-order valence-electron chi connectivity index (χ2n) is 7.61. The number of unbranched alkanes of at least 4 members (excludes halogenated alkanes) is 13. The van der Waals surface area contributed by atoms with E-state index in [1.807, 2.05) is 0 Å². The predicted octanol–water partition coefficient (Wildman–Crippen LogP) is 6.34. The zero-order valence-corrected chi connectivity index (χ0v) is 15.8. The van der Waals surface area contributed by atoms with Gasteiger partial charge in [-0.05, 0) is 12.8 Å². The molecule has 0 atom stereocenters. The fourth-order valence-electron chi connectivity index (χ4n) is 2.78. The van der Waals surface area contributed by atoms with Crippen molar-refractivity contribution >= 4 is 0 Å². The third kappa shape index (κ3) is 22.3. The van der Waals surface area contributed by atoms with Gasteiger partial charge >= 0.3 is 0 Å². The standard InChI is InChI=1S/C19H42N.H3N/c1-5-6-7-8-9-10-11-12-13-14-15-16-17-18-19-20(2,3)4;/h5-19H2,1-4H3;1H3/q+1;. The third-order valence-corrected chi connectivity index (χ3v) is 4.18. The van der Waals surface area contributed by atoms with Crippen molar-refractivity contribution in [3.63, 3.8) is 0 Å². The van der Waals surface area contributed by atoms with Crippen LogP contribution in [0.25, 0.3) is 0 Å². The van der Waals surface area contributed by atoms with Gasteiger partial charge in [-0.3, -0.25) is 0 Å². The van der Waals surface area contributed by atoms with Crippen LogP contribution in [0.15, 0.2) is 0 Å². The number of hydrogen-bond donors (Lipinski definition) is 1. The van der Waals surface area contributed by atoms with E-state index in [0.717, 1.165) is 4.48 Å². The Labute approximate surface area is 135 Å². The van der Waals surface area contributed by atoms with Gasteiger partial charge in [0.15, 0.2) is 0 Å². The van der Waals surface area contributed by atoms with Crippen LogP contribution >= 0.6 is 0 Å². The molecule has 2 nitrogen and oxygen atoms in total. The largest absolute Gasteiger partial charge is 0.344 e. The monoisotopic (exact) mass is 301 g/mol. The smallest absolute Gasteiger partial charge is 0.0780 e. The predicted molar refractivity (Wildman–Crippen MR) is 98.2 cm³/mol. The first-order valence-corrected chi connectivity index (χ1v) is 9.36. The molecule has 0 spiro atoms. The van der Waals surface area contributed by atoms with Crippen molar-refractivity contribution in [3.05, 3.63) is 0 Å². The second kappa shape index (κ2) is 16.3. The highest BCUT2D eigenvalue weighted by atomic mass is 15.3. The van der Waals surface area contributed by atoms with Gasteiger partial charge in [0.25, 0.3) is 0 Å². The van der Waals surface area contributed by atoms with E-state index in [1.165, 1.54) is 96.4 Å². The highest BCUT2D eigenvalue weighted by Gasteiger charge is 2.04. The molecule has 2 heteroatoms. The molecule has 130 valence electrons. The van der Waals surface area contributed by atoms with Gasteiger partial charge in [-0.25, -0.2) is 0 Å². The minimum atomic E-state index is 0. The fraction of sp³-hybridized carbons (Fsp3) is 1.00. The summed E-state index contributed by atoms with van der Waals surface area (Å²) >= 11 is 0. The van der Waals surface area contributed by atoms with Crippen LogP contribution in [0, 0.1) is 0 Å². The quantitative estimate of drug-likeness (QED) is 0.278. The van der Waals surface area contributed by atoms with Crippen molar-refractivity contribution < 1.29 is 4.48 Å². The molecule has 0 aliphatic rings. The van der Waals surface area contributed by atoms with Crippen LogP contribution in [0.2, 0.25) is 0 Å². The Hall–Kier alpha value is -0.0800. The topological polar surface area (TPSA) is 35.0 Å². The lowest BCUT2D eigenvalue weighted by molar-refractivity contribution is -0.870. The molecule has 0 radical (unpaired) electrons. The van der Waals surface area contributed by atoms with E-state index >= 15 is 0 Å². The van der Waals surface area contributed by atoms with Crippen molar-refractivity contribution in [3.8, 4) is 0 Å². The minimum Gasteiger partial charge on any atom is -0.344 e. The molecule has 0 aromatic heterocycles. The maximum Gasteiger partial charge on any atom is 0.0780 e. The molecular formula is C19H45N2+. The molecule has 0 rings (SSSR count). The Morgan fingerprint density at radius 1 is 0.476 bits per heavy atom. The third-order valence-electron chi connectivity index (χ3n) is 4.18. The lowest BCUT2D eigenvalue weighted by Crippen LogP contribution is -2.35. The molecule has 0 bridgehead atoms. The Morgan fingerprint density at radius 2 is 0.762 bits per heavy atom. The molecule has 0 fully saturated rings. The zero-order chi connectivity index (χ0) is 15.1. The summed E-state index contributed by atoms with van der Waals surface area (Å²) in [6.07, 6.45) is 20.4. The molecule has 0 aromatic rings. The van der Waals surface area contributed by atoms with Crippen LogP contribution in [0.5, 0.6) is 0 Å². The maximum absolute atomic E-state index is 2.29. The lowest BCUT2D eigenvalue weighted by Gasteiger charge is -2.23. The molecular weight excluding hydrogens is 256 g/mol. The first kappa shape index (κ1) is 23.2. The molecule has 0 amide bonds. The van der Waals surface area contributed by atoms with E-state index in [0.29, 0.717) is 0 Å². The summed E-state index contributed by atoms with van der Waals surface area (Å²) in [5, 5.41) is 0. The first-order valence-electron chi connectivity index (χ1n) is 9.36. The molecule has 21 heavy (non-hydrogen) atoms. The highest BCUT2D eigenvalue weighted by Crippen LogP contribution is 2.13. The summed E-state index contributed by atoms with van der Waals surface area (Å²) < 4.78 is 1.12. The van der Waals surface area contributed by atoms with Gasteiger partial charge in [-0.2, -0.15) is 0 Å². The molecule has 3 N–H and O–H groups in total. The SMILES string of the molecule is CCCCCCCCCCCCCCCC[N+](C)(C)C.N. The maximum atomic E-state index is 2.29. The number of rotatable bonds is 15. The number of hydrogen-bond acceptors (Lipinski definition) is 1. The molecule has 0 saturated heterocycles. The van der Waals surface area contributed by atoms with Crippen molar-refractivity contribution in [1.82, 2.24) is 6.15 Å². The van der Waals surface area contributed by atoms with E-state index < -0.39 is 0 Å². The summed E-state index contributed by atoms with van der Waals surface area (Å²) in [5.41, 5.74) is 0. The summed E-state index contributed by atoms with van der Waals surface area (Å²) in [7, 11) is 6.88. The molecule has 0 heterocycles. The van der Waals surface area contributed by atoms with Crippen LogP contribution in [0.3, 0.4) is 0 Å². The highest BCUT2D eigenvalue weighted by molar-refractivity contribution is 4.49. The Bertz CT molecular complexity index is 184. The summed E-state index contributed by atoms with van der Waals surface area (Å²) in [5.74, 6) is 0. The van der Waals surface area contributed by atoms with Crippen LogP contribution < -0.4 is 6.15 Å². The Kier molecular flexibility index (Phi) is 18.0. The van der Waals surface area contributed by atoms with E-state index in [2.05, 4.69) is 28.1 Å². The average Bonchev–Trinajstić information content (AvgIpc) is 2.38. The molecule has 0 aromatic carbocycles. The number of quaternary nitrogens is 1. The Balaban J connectivity index is 0. The average molecular weight is 302 g/mol. The van der Waals surface area contributed by atoms with Crippen LogP contribution in [0.4, 0.5) is 0 Å². The van der Waals surface area contributed by atoms with Gasteiger partial charge in [0, 0.05) is 0 Å². The van der Waals surface area contributed by atoms with Crippen LogP contribution in [-0.2, 0) is 0 Å². The molecule has 0 aliphatic carbocycles. The lowest BCUT2D eigenvalue weighted by atomic mass is 10.0. The van der Waals surface area contributed by atoms with Gasteiger partial charge in [-0.15, -0.1) is 0 Å². The van der Waals surface area contributed by atoms with Crippen LogP contribution in [0.1, 0.15) is 96.8 Å². The Morgan fingerprint density at radius 3 is 1.05 bits per heavy atom. The van der Waals surface area contributed by atoms with Crippen molar-refractivity contribution in [2.24, 2.45) is 0 Å². The number of nitrogens with zero attached hydrogens (tertiary/aromatic N) is 1. The molecule has 0 unspecified atom stereocenters. The van der Waals surface area contributed by atoms with Crippen molar-refractivity contribution in [1.29, 1.82) is 0 Å². The van der Waals surface area contributed by atoms with Gasteiger partial charge in [0.1, 0.15) is 0 Å². The van der Waals surface area contributed by atoms with E-state index in [-0.39, 0.29) is 6.15 Å². The van der Waals surface area contributed by atoms with Gasteiger partial charge < -0.3 is 10.6 Å². The normalized spacial score (nSPS) is 11.4. The van der Waals surface area contributed by atoms with Gasteiger partial charge in [-0.1, -0.05) is 84.0 Å². The summed E-state index contributed by atoms with van der Waals surface area (Å²) in [4.78, 5) is 0. The van der Waals surface area contributed by atoms with E-state index in [9.17, 15) is 0 Å². The van der Waals surface area contributed by atoms with Crippen molar-refractivity contribution in [2.75, 3.05) is 27.7 Å². The zero-order valence-electron chi connectivity index (χ0n) is 15.8. The minimum absolute atomic E-state index is 0.